The first-order chi connectivity index (χ1) is 8.30. The van der Waals surface area contributed by atoms with Gasteiger partial charge in [-0.05, 0) is 46.8 Å². The standard InChI is InChI=1S/C13H19BN2O2/c1-10-7-9-15-11(16-10)6-8-14-17-12(2,3)13(4,5)18-14/h6-9H,1-5H3. The second-order valence-electron chi connectivity index (χ2n) is 5.54. The van der Waals surface area contributed by atoms with Gasteiger partial charge in [0.1, 0.15) is 0 Å². The predicted octanol–water partition coefficient (Wildman–Crippen LogP) is 2.43. The van der Waals surface area contributed by atoms with Gasteiger partial charge in [-0.15, -0.1) is 0 Å². The molecule has 1 aliphatic heterocycles. The molecule has 0 unspecified atom stereocenters. The zero-order valence-corrected chi connectivity index (χ0v) is 11.6. The molecule has 0 bridgehead atoms. The van der Waals surface area contributed by atoms with Crippen LogP contribution in [0.4, 0.5) is 0 Å². The maximum atomic E-state index is 5.85. The van der Waals surface area contributed by atoms with Crippen LogP contribution in [0.1, 0.15) is 39.2 Å². The molecule has 5 heteroatoms. The third-order valence-corrected chi connectivity index (χ3v) is 3.49. The average molecular weight is 246 g/mol. The van der Waals surface area contributed by atoms with Crippen LogP contribution in [0.5, 0.6) is 0 Å². The van der Waals surface area contributed by atoms with E-state index in [1.54, 1.807) is 6.20 Å². The van der Waals surface area contributed by atoms with Gasteiger partial charge in [0.2, 0.25) is 0 Å². The summed E-state index contributed by atoms with van der Waals surface area (Å²) in [6.07, 6.45) is 3.57. The molecule has 1 fully saturated rings. The molecule has 2 rings (SSSR count). The highest BCUT2D eigenvalue weighted by Gasteiger charge is 2.49. The second kappa shape index (κ2) is 4.48. The highest BCUT2D eigenvalue weighted by molar-refractivity contribution is 6.52. The maximum Gasteiger partial charge on any atom is 0.487 e. The largest absolute Gasteiger partial charge is 0.487 e. The minimum atomic E-state index is -0.348. The van der Waals surface area contributed by atoms with Crippen molar-refractivity contribution >= 4 is 13.2 Å². The van der Waals surface area contributed by atoms with Gasteiger partial charge in [0.15, 0.2) is 5.82 Å². The topological polar surface area (TPSA) is 44.2 Å². The molecule has 1 aromatic rings. The fourth-order valence-corrected chi connectivity index (χ4v) is 1.68. The Morgan fingerprint density at radius 1 is 1.17 bits per heavy atom. The number of aryl methyl sites for hydroxylation is 1. The molecular weight excluding hydrogens is 227 g/mol. The molecule has 0 N–H and O–H groups in total. The third-order valence-electron chi connectivity index (χ3n) is 3.49. The van der Waals surface area contributed by atoms with Gasteiger partial charge in [0.05, 0.1) is 11.2 Å². The molecule has 1 aromatic heterocycles. The van der Waals surface area contributed by atoms with E-state index < -0.39 is 0 Å². The molecule has 0 atom stereocenters. The monoisotopic (exact) mass is 246 g/mol. The zero-order chi connectivity index (χ0) is 13.4. The van der Waals surface area contributed by atoms with Gasteiger partial charge in [0.25, 0.3) is 0 Å². The van der Waals surface area contributed by atoms with E-state index in [2.05, 4.69) is 9.97 Å². The van der Waals surface area contributed by atoms with E-state index in [0.717, 1.165) is 5.69 Å². The van der Waals surface area contributed by atoms with Crippen LogP contribution in [0.15, 0.2) is 18.2 Å². The van der Waals surface area contributed by atoms with Gasteiger partial charge in [-0.1, -0.05) is 5.98 Å². The molecular formula is C13H19BN2O2. The number of nitrogens with zero attached hydrogens (tertiary/aromatic N) is 2. The summed E-state index contributed by atoms with van der Waals surface area (Å²) >= 11 is 0. The molecule has 1 aliphatic rings. The summed E-state index contributed by atoms with van der Waals surface area (Å²) in [5.41, 5.74) is 0.323. The zero-order valence-electron chi connectivity index (χ0n) is 11.6. The normalized spacial score (nSPS) is 21.7. The fourth-order valence-electron chi connectivity index (χ4n) is 1.68. The molecule has 0 spiro atoms. The van der Waals surface area contributed by atoms with Crippen molar-refractivity contribution in [1.82, 2.24) is 9.97 Å². The van der Waals surface area contributed by atoms with Crippen LogP contribution in [-0.4, -0.2) is 28.3 Å². The highest BCUT2D eigenvalue weighted by Crippen LogP contribution is 2.36. The number of hydrogen-bond acceptors (Lipinski definition) is 4. The van der Waals surface area contributed by atoms with Crippen molar-refractivity contribution in [1.29, 1.82) is 0 Å². The predicted molar refractivity (Wildman–Crippen MR) is 71.9 cm³/mol. The Hall–Kier alpha value is -1.20. The molecule has 18 heavy (non-hydrogen) atoms. The quantitative estimate of drug-likeness (QED) is 0.751. The molecule has 4 nitrogen and oxygen atoms in total. The summed E-state index contributed by atoms with van der Waals surface area (Å²) in [5.74, 6) is 2.52. The Kier molecular flexibility index (Phi) is 3.30. The fraction of sp³-hybridized carbons (Fsp3) is 0.538. The highest BCUT2D eigenvalue weighted by atomic mass is 16.7. The lowest BCUT2D eigenvalue weighted by atomic mass is 9.90. The summed E-state index contributed by atoms with van der Waals surface area (Å²) in [6.45, 7) is 10.1. The molecule has 0 aromatic carbocycles. The lowest BCUT2D eigenvalue weighted by molar-refractivity contribution is 0.00578. The Balaban J connectivity index is 2.08. The number of aromatic nitrogens is 2. The van der Waals surface area contributed by atoms with E-state index in [0.29, 0.717) is 5.82 Å². The summed E-state index contributed by atoms with van der Waals surface area (Å²) in [7, 11) is -0.348. The van der Waals surface area contributed by atoms with Crippen LogP contribution < -0.4 is 0 Å². The Bertz CT molecular complexity index is 456. The molecule has 0 saturated carbocycles. The van der Waals surface area contributed by atoms with Gasteiger partial charge < -0.3 is 9.31 Å². The van der Waals surface area contributed by atoms with Crippen molar-refractivity contribution in [3.8, 4) is 0 Å². The molecule has 1 saturated heterocycles. The summed E-state index contributed by atoms with van der Waals surface area (Å²) in [4.78, 5) is 8.46. The van der Waals surface area contributed by atoms with Gasteiger partial charge in [-0.2, -0.15) is 0 Å². The Morgan fingerprint density at radius 2 is 1.78 bits per heavy atom. The average Bonchev–Trinajstić information content (AvgIpc) is 2.45. The van der Waals surface area contributed by atoms with Crippen molar-refractivity contribution in [2.24, 2.45) is 0 Å². The van der Waals surface area contributed by atoms with Crippen LogP contribution in [0.2, 0.25) is 0 Å². The number of hydrogen-bond donors (Lipinski definition) is 0. The Labute approximate surface area is 109 Å². The molecule has 96 valence electrons. The molecule has 0 radical (unpaired) electrons. The van der Waals surface area contributed by atoms with Crippen molar-refractivity contribution in [2.45, 2.75) is 45.8 Å². The van der Waals surface area contributed by atoms with E-state index in [1.165, 1.54) is 0 Å². The second-order valence-corrected chi connectivity index (χ2v) is 5.54. The van der Waals surface area contributed by atoms with E-state index in [4.69, 9.17) is 9.31 Å². The van der Waals surface area contributed by atoms with Crippen LogP contribution in [0, 0.1) is 6.92 Å². The van der Waals surface area contributed by atoms with Crippen molar-refractivity contribution in [3.05, 3.63) is 29.8 Å². The molecule has 0 amide bonds. The van der Waals surface area contributed by atoms with Gasteiger partial charge in [-0.3, -0.25) is 0 Å². The van der Waals surface area contributed by atoms with E-state index in [1.807, 2.05) is 52.7 Å². The van der Waals surface area contributed by atoms with E-state index in [9.17, 15) is 0 Å². The molecule has 0 aliphatic carbocycles. The van der Waals surface area contributed by atoms with Gasteiger partial charge in [-0.25, -0.2) is 9.97 Å². The van der Waals surface area contributed by atoms with Crippen LogP contribution in [0.25, 0.3) is 6.08 Å². The minimum absolute atomic E-state index is 0.310. The lowest BCUT2D eigenvalue weighted by Crippen LogP contribution is -2.41. The summed E-state index contributed by atoms with van der Waals surface area (Å²) in [5, 5.41) is 0. The first-order valence-corrected chi connectivity index (χ1v) is 6.14. The number of rotatable bonds is 2. The SMILES string of the molecule is Cc1ccnc(C=CB2OC(C)(C)C(C)(C)O2)n1. The smallest absolute Gasteiger partial charge is 0.400 e. The third kappa shape index (κ3) is 2.62. The van der Waals surface area contributed by atoms with Gasteiger partial charge >= 0.3 is 7.12 Å². The van der Waals surface area contributed by atoms with Crippen molar-refractivity contribution < 1.29 is 9.31 Å². The van der Waals surface area contributed by atoms with Crippen molar-refractivity contribution in [3.63, 3.8) is 0 Å². The summed E-state index contributed by atoms with van der Waals surface area (Å²) < 4.78 is 11.7. The first kappa shape index (κ1) is 13.2. The van der Waals surface area contributed by atoms with E-state index in [-0.39, 0.29) is 18.3 Å². The minimum Gasteiger partial charge on any atom is -0.400 e. The van der Waals surface area contributed by atoms with Gasteiger partial charge in [0, 0.05) is 11.9 Å². The van der Waals surface area contributed by atoms with Crippen LogP contribution in [0.3, 0.4) is 0 Å². The lowest BCUT2D eigenvalue weighted by Gasteiger charge is -2.32. The van der Waals surface area contributed by atoms with Crippen LogP contribution >= 0.6 is 0 Å². The van der Waals surface area contributed by atoms with Crippen LogP contribution in [-0.2, 0) is 9.31 Å². The Morgan fingerprint density at radius 3 is 2.33 bits per heavy atom. The molecule has 2 heterocycles. The first-order valence-electron chi connectivity index (χ1n) is 6.14. The van der Waals surface area contributed by atoms with E-state index >= 15 is 0 Å². The maximum absolute atomic E-state index is 5.85. The summed E-state index contributed by atoms with van der Waals surface area (Å²) in [6, 6.07) is 1.87. The van der Waals surface area contributed by atoms with Crippen molar-refractivity contribution in [2.75, 3.05) is 0 Å².